The Hall–Kier alpha value is -2.35. The standard InChI is InChI=1S/C13H16N4O3S/c1-8-2-3-21-11(8)6-15-13(20)17-10(12(18)19)4-9-5-14-7-16-9/h2-3,5,7,10H,4,6H2,1H3,(H,14,16)(H,18,19)(H2,15,17,20)/t10-/m0/s1. The second kappa shape index (κ2) is 6.89. The maximum absolute atomic E-state index is 11.8. The lowest BCUT2D eigenvalue weighted by atomic mass is 10.2. The van der Waals surface area contributed by atoms with Gasteiger partial charge in [-0.1, -0.05) is 0 Å². The number of nitrogens with one attached hydrogen (secondary N) is 3. The summed E-state index contributed by atoms with van der Waals surface area (Å²) in [6.07, 6.45) is 3.15. The van der Waals surface area contributed by atoms with E-state index in [1.165, 1.54) is 12.5 Å². The monoisotopic (exact) mass is 308 g/mol. The molecule has 112 valence electrons. The van der Waals surface area contributed by atoms with Gasteiger partial charge in [0.15, 0.2) is 0 Å². The van der Waals surface area contributed by atoms with E-state index in [1.54, 1.807) is 11.3 Å². The van der Waals surface area contributed by atoms with Gasteiger partial charge >= 0.3 is 12.0 Å². The molecular formula is C13H16N4O3S. The van der Waals surface area contributed by atoms with Crippen LogP contribution in [-0.2, 0) is 17.8 Å². The van der Waals surface area contributed by atoms with E-state index in [2.05, 4.69) is 20.6 Å². The summed E-state index contributed by atoms with van der Waals surface area (Å²) in [5, 5.41) is 16.2. The van der Waals surface area contributed by atoms with Gasteiger partial charge in [-0.15, -0.1) is 11.3 Å². The topological polar surface area (TPSA) is 107 Å². The van der Waals surface area contributed by atoms with Crippen molar-refractivity contribution in [2.75, 3.05) is 0 Å². The maximum atomic E-state index is 11.8. The van der Waals surface area contributed by atoms with Crippen molar-refractivity contribution in [2.24, 2.45) is 0 Å². The van der Waals surface area contributed by atoms with Gasteiger partial charge < -0.3 is 20.7 Å². The van der Waals surface area contributed by atoms with Crippen molar-refractivity contribution in [1.29, 1.82) is 0 Å². The minimum atomic E-state index is -1.09. The molecule has 0 radical (unpaired) electrons. The van der Waals surface area contributed by atoms with Crippen LogP contribution in [0.15, 0.2) is 24.0 Å². The SMILES string of the molecule is Cc1ccsc1CNC(=O)N[C@@H](Cc1cnc[nH]1)C(=O)O. The molecule has 8 heteroatoms. The number of thiophene rings is 1. The maximum Gasteiger partial charge on any atom is 0.326 e. The quantitative estimate of drug-likeness (QED) is 0.644. The highest BCUT2D eigenvalue weighted by Crippen LogP contribution is 2.14. The molecule has 2 amide bonds. The van der Waals surface area contributed by atoms with E-state index in [4.69, 9.17) is 5.11 Å². The molecule has 2 heterocycles. The lowest BCUT2D eigenvalue weighted by molar-refractivity contribution is -0.139. The molecule has 0 aromatic carbocycles. The summed E-state index contributed by atoms with van der Waals surface area (Å²) < 4.78 is 0. The average molecular weight is 308 g/mol. The first kappa shape index (κ1) is 15.0. The Bertz CT molecular complexity index is 609. The molecule has 0 bridgehead atoms. The highest BCUT2D eigenvalue weighted by atomic mass is 32.1. The number of rotatable bonds is 6. The number of aromatic nitrogens is 2. The zero-order valence-electron chi connectivity index (χ0n) is 11.4. The Labute approximate surface area is 125 Å². The van der Waals surface area contributed by atoms with Crippen LogP contribution in [0.25, 0.3) is 0 Å². The molecule has 0 aliphatic carbocycles. The van der Waals surface area contributed by atoms with E-state index in [9.17, 15) is 9.59 Å². The largest absolute Gasteiger partial charge is 0.480 e. The van der Waals surface area contributed by atoms with E-state index in [0.29, 0.717) is 12.2 Å². The molecule has 2 aromatic rings. The van der Waals surface area contributed by atoms with Gasteiger partial charge in [-0.3, -0.25) is 0 Å². The number of hydrogen-bond acceptors (Lipinski definition) is 4. The number of carbonyl (C=O) groups excluding carboxylic acids is 1. The van der Waals surface area contributed by atoms with Gasteiger partial charge in [0, 0.05) is 23.2 Å². The fourth-order valence-corrected chi connectivity index (χ4v) is 2.62. The molecule has 2 rings (SSSR count). The number of aryl methyl sites for hydroxylation is 1. The number of carboxylic acids is 1. The summed E-state index contributed by atoms with van der Waals surface area (Å²) in [7, 11) is 0. The van der Waals surface area contributed by atoms with Gasteiger partial charge in [0.05, 0.1) is 12.9 Å². The number of carbonyl (C=O) groups is 2. The Balaban J connectivity index is 1.86. The zero-order valence-corrected chi connectivity index (χ0v) is 12.2. The van der Waals surface area contributed by atoms with Crippen molar-refractivity contribution < 1.29 is 14.7 Å². The normalized spacial score (nSPS) is 11.9. The van der Waals surface area contributed by atoms with Crippen LogP contribution in [0.5, 0.6) is 0 Å². The lowest BCUT2D eigenvalue weighted by Crippen LogP contribution is -2.46. The van der Waals surface area contributed by atoms with Gasteiger partial charge in [-0.25, -0.2) is 14.6 Å². The summed E-state index contributed by atoms with van der Waals surface area (Å²) in [6.45, 7) is 2.34. The van der Waals surface area contributed by atoms with E-state index in [0.717, 1.165) is 10.4 Å². The van der Waals surface area contributed by atoms with Crippen molar-refractivity contribution >= 4 is 23.3 Å². The summed E-state index contributed by atoms with van der Waals surface area (Å²) >= 11 is 1.55. The van der Waals surface area contributed by atoms with Crippen LogP contribution in [0, 0.1) is 6.92 Å². The Morgan fingerprint density at radius 1 is 1.52 bits per heavy atom. The van der Waals surface area contributed by atoms with Crippen LogP contribution in [0.1, 0.15) is 16.1 Å². The smallest absolute Gasteiger partial charge is 0.326 e. The minimum Gasteiger partial charge on any atom is -0.480 e. The number of aliphatic carboxylic acids is 1. The number of urea groups is 1. The fraction of sp³-hybridized carbons (Fsp3) is 0.308. The summed E-state index contributed by atoms with van der Waals surface area (Å²) in [4.78, 5) is 30.6. The molecule has 0 fully saturated rings. The van der Waals surface area contributed by atoms with Crippen molar-refractivity contribution in [3.05, 3.63) is 40.1 Å². The average Bonchev–Trinajstić information content (AvgIpc) is 3.07. The van der Waals surface area contributed by atoms with E-state index in [-0.39, 0.29) is 6.42 Å². The summed E-state index contributed by atoms with van der Waals surface area (Å²) in [5.41, 5.74) is 1.75. The van der Waals surface area contributed by atoms with Crippen molar-refractivity contribution in [1.82, 2.24) is 20.6 Å². The Kier molecular flexibility index (Phi) is 4.94. The molecule has 0 saturated carbocycles. The van der Waals surface area contributed by atoms with Crippen molar-refractivity contribution in [3.63, 3.8) is 0 Å². The molecule has 4 N–H and O–H groups in total. The minimum absolute atomic E-state index is 0.154. The van der Waals surface area contributed by atoms with Crippen LogP contribution in [0.3, 0.4) is 0 Å². The summed E-state index contributed by atoms with van der Waals surface area (Å²) in [5.74, 6) is -1.09. The molecule has 0 aliphatic rings. The van der Waals surface area contributed by atoms with E-state index >= 15 is 0 Å². The van der Waals surface area contributed by atoms with Crippen LogP contribution in [-0.4, -0.2) is 33.1 Å². The van der Waals surface area contributed by atoms with Crippen LogP contribution in [0.2, 0.25) is 0 Å². The third-order valence-corrected chi connectivity index (χ3v) is 3.98. The third kappa shape index (κ3) is 4.32. The predicted octanol–water partition coefficient (Wildman–Crippen LogP) is 1.27. The third-order valence-electron chi connectivity index (χ3n) is 2.96. The molecule has 0 saturated heterocycles. The predicted molar refractivity (Wildman–Crippen MR) is 78.1 cm³/mol. The Morgan fingerprint density at radius 3 is 2.90 bits per heavy atom. The van der Waals surface area contributed by atoms with Gasteiger partial charge in [0.1, 0.15) is 6.04 Å². The number of amides is 2. The van der Waals surface area contributed by atoms with E-state index in [1.807, 2.05) is 18.4 Å². The van der Waals surface area contributed by atoms with Crippen molar-refractivity contribution in [3.8, 4) is 0 Å². The first-order valence-electron chi connectivity index (χ1n) is 6.33. The number of aromatic amines is 1. The number of carboxylic acid groups (broad SMARTS) is 1. The van der Waals surface area contributed by atoms with Crippen molar-refractivity contribution in [2.45, 2.75) is 25.9 Å². The second-order valence-electron chi connectivity index (χ2n) is 4.53. The highest BCUT2D eigenvalue weighted by Gasteiger charge is 2.20. The number of nitrogens with zero attached hydrogens (tertiary/aromatic N) is 1. The van der Waals surface area contributed by atoms with Gasteiger partial charge in [-0.2, -0.15) is 0 Å². The fourth-order valence-electron chi connectivity index (χ4n) is 1.77. The van der Waals surface area contributed by atoms with Crippen LogP contribution >= 0.6 is 11.3 Å². The molecule has 0 unspecified atom stereocenters. The van der Waals surface area contributed by atoms with Gasteiger partial charge in [0.25, 0.3) is 0 Å². The summed E-state index contributed by atoms with van der Waals surface area (Å²) in [6, 6.07) is 0.460. The first-order valence-corrected chi connectivity index (χ1v) is 7.21. The molecule has 1 atom stereocenters. The lowest BCUT2D eigenvalue weighted by Gasteiger charge is -2.14. The zero-order chi connectivity index (χ0) is 15.2. The number of imidazole rings is 1. The second-order valence-corrected chi connectivity index (χ2v) is 5.53. The van der Waals surface area contributed by atoms with E-state index < -0.39 is 18.0 Å². The molecule has 0 spiro atoms. The Morgan fingerprint density at radius 2 is 2.33 bits per heavy atom. The first-order chi connectivity index (χ1) is 10.1. The number of H-pyrrole nitrogens is 1. The molecule has 0 aliphatic heterocycles. The van der Waals surface area contributed by atoms with Crippen LogP contribution in [0.4, 0.5) is 4.79 Å². The molecular weight excluding hydrogens is 292 g/mol. The highest BCUT2D eigenvalue weighted by molar-refractivity contribution is 7.10. The molecule has 2 aromatic heterocycles. The molecule has 7 nitrogen and oxygen atoms in total. The number of hydrogen-bond donors (Lipinski definition) is 4. The van der Waals surface area contributed by atoms with Gasteiger partial charge in [-0.05, 0) is 23.9 Å². The molecule has 21 heavy (non-hydrogen) atoms. The van der Waals surface area contributed by atoms with Gasteiger partial charge in [0.2, 0.25) is 0 Å². The van der Waals surface area contributed by atoms with Crippen LogP contribution < -0.4 is 10.6 Å².